The van der Waals surface area contributed by atoms with Crippen molar-refractivity contribution in [3.05, 3.63) is 40.6 Å². The zero-order valence-electron chi connectivity index (χ0n) is 9.34. The summed E-state index contributed by atoms with van der Waals surface area (Å²) in [5.74, 6) is 0.658. The highest BCUT2D eigenvalue weighted by Gasteiger charge is 2.13. The van der Waals surface area contributed by atoms with E-state index in [1.807, 2.05) is 6.92 Å². The number of aromatic nitrogens is 1. The van der Waals surface area contributed by atoms with Gasteiger partial charge < -0.3 is 9.73 Å². The number of nitrogens with zero attached hydrogens (tertiary/aromatic N) is 1. The number of hydrogen-bond acceptors (Lipinski definition) is 3. The topological polar surface area (TPSA) is 38.1 Å². The minimum atomic E-state index is -0.328. The maximum atomic E-state index is 13.7. The van der Waals surface area contributed by atoms with Gasteiger partial charge in [0.2, 0.25) is 5.89 Å². The van der Waals surface area contributed by atoms with Crippen LogP contribution in [0.25, 0.3) is 11.3 Å². The van der Waals surface area contributed by atoms with Crippen molar-refractivity contribution in [1.29, 1.82) is 0 Å². The second-order valence-corrected chi connectivity index (χ2v) is 4.35. The molecule has 0 radical (unpaired) electrons. The number of nitrogens with one attached hydrogen (secondary N) is 1. The molecular formula is C12H12BrFN2O. The molecule has 90 valence electrons. The Bertz CT molecular complexity index is 493. The molecule has 1 aromatic carbocycles. The van der Waals surface area contributed by atoms with E-state index in [1.165, 1.54) is 12.3 Å². The second-order valence-electron chi connectivity index (χ2n) is 3.50. The summed E-state index contributed by atoms with van der Waals surface area (Å²) < 4.78 is 19.8. The number of oxazole rings is 1. The zero-order chi connectivity index (χ0) is 12.3. The molecule has 3 nitrogen and oxygen atoms in total. The van der Waals surface area contributed by atoms with Crippen LogP contribution in [-0.2, 0) is 6.54 Å². The number of halogens is 2. The van der Waals surface area contributed by atoms with Crippen LogP contribution in [0.15, 0.2) is 33.3 Å². The summed E-state index contributed by atoms with van der Waals surface area (Å²) in [6.45, 7) is 3.38. The molecule has 1 heterocycles. The van der Waals surface area contributed by atoms with E-state index in [2.05, 4.69) is 26.2 Å². The first-order chi connectivity index (χ1) is 8.22. The minimum Gasteiger partial charge on any atom is -0.439 e. The van der Waals surface area contributed by atoms with Gasteiger partial charge in [0.25, 0.3) is 0 Å². The average molecular weight is 299 g/mol. The average Bonchev–Trinajstić information content (AvgIpc) is 2.75. The zero-order valence-corrected chi connectivity index (χ0v) is 10.9. The fourth-order valence-electron chi connectivity index (χ4n) is 1.47. The van der Waals surface area contributed by atoms with Crippen molar-refractivity contribution in [2.75, 3.05) is 6.54 Å². The van der Waals surface area contributed by atoms with Crippen LogP contribution >= 0.6 is 15.9 Å². The number of rotatable bonds is 4. The van der Waals surface area contributed by atoms with Crippen LogP contribution in [0.2, 0.25) is 0 Å². The SMILES string of the molecule is CCNCc1ncc(-c2c(F)cccc2Br)o1. The Labute approximate surface area is 107 Å². The Hall–Kier alpha value is -1.20. The van der Waals surface area contributed by atoms with Crippen LogP contribution in [0.1, 0.15) is 12.8 Å². The van der Waals surface area contributed by atoms with E-state index in [9.17, 15) is 4.39 Å². The first kappa shape index (κ1) is 12.3. The smallest absolute Gasteiger partial charge is 0.208 e. The molecule has 2 rings (SSSR count). The summed E-state index contributed by atoms with van der Waals surface area (Å²) in [5.41, 5.74) is 0.405. The third kappa shape index (κ3) is 2.73. The lowest BCUT2D eigenvalue weighted by molar-refractivity contribution is 0.479. The molecule has 0 unspecified atom stereocenters. The van der Waals surface area contributed by atoms with Crippen LogP contribution in [0.4, 0.5) is 4.39 Å². The molecule has 5 heteroatoms. The van der Waals surface area contributed by atoms with E-state index in [1.54, 1.807) is 12.1 Å². The van der Waals surface area contributed by atoms with Gasteiger partial charge in [0.05, 0.1) is 18.3 Å². The third-order valence-electron chi connectivity index (χ3n) is 2.29. The maximum Gasteiger partial charge on any atom is 0.208 e. The molecule has 0 aliphatic carbocycles. The lowest BCUT2D eigenvalue weighted by Crippen LogP contribution is -2.11. The summed E-state index contributed by atoms with van der Waals surface area (Å²) >= 11 is 3.30. The highest BCUT2D eigenvalue weighted by molar-refractivity contribution is 9.10. The quantitative estimate of drug-likeness (QED) is 0.941. The van der Waals surface area contributed by atoms with Crippen molar-refractivity contribution in [2.24, 2.45) is 0 Å². The molecule has 0 atom stereocenters. The number of hydrogen-bond donors (Lipinski definition) is 1. The van der Waals surface area contributed by atoms with Gasteiger partial charge in [-0.3, -0.25) is 0 Å². The highest BCUT2D eigenvalue weighted by atomic mass is 79.9. The van der Waals surface area contributed by atoms with Crippen molar-refractivity contribution in [1.82, 2.24) is 10.3 Å². The summed E-state index contributed by atoms with van der Waals surface area (Å²) in [4.78, 5) is 4.10. The van der Waals surface area contributed by atoms with Crippen molar-refractivity contribution in [3.63, 3.8) is 0 Å². The fourth-order valence-corrected chi connectivity index (χ4v) is 2.01. The van der Waals surface area contributed by atoms with E-state index in [0.717, 1.165) is 6.54 Å². The highest BCUT2D eigenvalue weighted by Crippen LogP contribution is 2.31. The molecule has 0 saturated heterocycles. The standard InChI is InChI=1S/C12H12BrFN2O/c1-2-15-7-11-16-6-10(17-11)12-8(13)4-3-5-9(12)14/h3-6,15H,2,7H2,1H3. The van der Waals surface area contributed by atoms with Gasteiger partial charge in [0.1, 0.15) is 5.82 Å². The molecule has 0 amide bonds. The first-order valence-corrected chi connectivity index (χ1v) is 6.11. The Morgan fingerprint density at radius 1 is 1.47 bits per heavy atom. The predicted molar refractivity (Wildman–Crippen MR) is 67.0 cm³/mol. The summed E-state index contributed by atoms with van der Waals surface area (Å²) in [7, 11) is 0. The maximum absolute atomic E-state index is 13.7. The van der Waals surface area contributed by atoms with Gasteiger partial charge >= 0.3 is 0 Å². The van der Waals surface area contributed by atoms with Gasteiger partial charge in [-0.2, -0.15) is 0 Å². The van der Waals surface area contributed by atoms with E-state index in [4.69, 9.17) is 4.42 Å². The molecule has 0 saturated carbocycles. The summed E-state index contributed by atoms with van der Waals surface area (Å²) in [6.07, 6.45) is 1.54. The van der Waals surface area contributed by atoms with E-state index in [0.29, 0.717) is 28.2 Å². The molecule has 1 N–H and O–H groups in total. The monoisotopic (exact) mass is 298 g/mol. The van der Waals surface area contributed by atoms with Gasteiger partial charge in [-0.05, 0) is 34.6 Å². The largest absolute Gasteiger partial charge is 0.439 e. The summed E-state index contributed by atoms with van der Waals surface area (Å²) in [5, 5.41) is 3.10. The fraction of sp³-hybridized carbons (Fsp3) is 0.250. The van der Waals surface area contributed by atoms with Crippen molar-refractivity contribution in [3.8, 4) is 11.3 Å². The Morgan fingerprint density at radius 2 is 2.29 bits per heavy atom. The van der Waals surface area contributed by atoms with Crippen molar-refractivity contribution >= 4 is 15.9 Å². The Morgan fingerprint density at radius 3 is 3.00 bits per heavy atom. The molecule has 1 aromatic heterocycles. The molecule has 0 bridgehead atoms. The molecular weight excluding hydrogens is 287 g/mol. The van der Waals surface area contributed by atoms with E-state index >= 15 is 0 Å². The molecule has 2 aromatic rings. The van der Waals surface area contributed by atoms with Crippen LogP contribution in [0, 0.1) is 5.82 Å². The Kier molecular flexibility index (Phi) is 3.91. The number of benzene rings is 1. The normalized spacial score (nSPS) is 10.8. The predicted octanol–water partition coefficient (Wildman–Crippen LogP) is 3.35. The minimum absolute atomic E-state index is 0.328. The van der Waals surface area contributed by atoms with E-state index < -0.39 is 0 Å². The van der Waals surface area contributed by atoms with E-state index in [-0.39, 0.29) is 5.82 Å². The molecule has 0 spiro atoms. The van der Waals surface area contributed by atoms with Gasteiger partial charge in [-0.1, -0.05) is 13.0 Å². The van der Waals surface area contributed by atoms with Crippen LogP contribution in [-0.4, -0.2) is 11.5 Å². The van der Waals surface area contributed by atoms with Crippen molar-refractivity contribution in [2.45, 2.75) is 13.5 Å². The van der Waals surface area contributed by atoms with Gasteiger partial charge in [-0.15, -0.1) is 0 Å². The van der Waals surface area contributed by atoms with Crippen LogP contribution < -0.4 is 5.32 Å². The lowest BCUT2D eigenvalue weighted by Gasteiger charge is -2.01. The van der Waals surface area contributed by atoms with Gasteiger partial charge in [0, 0.05) is 4.47 Å². The Balaban J connectivity index is 2.30. The van der Waals surface area contributed by atoms with Crippen LogP contribution in [0.3, 0.4) is 0 Å². The first-order valence-electron chi connectivity index (χ1n) is 5.32. The van der Waals surface area contributed by atoms with Crippen LogP contribution in [0.5, 0.6) is 0 Å². The molecule has 0 aliphatic heterocycles. The second kappa shape index (κ2) is 5.42. The lowest BCUT2D eigenvalue weighted by atomic mass is 10.2. The molecule has 0 aliphatic rings. The molecule has 0 fully saturated rings. The van der Waals surface area contributed by atoms with Crippen molar-refractivity contribution < 1.29 is 8.81 Å². The molecule has 17 heavy (non-hydrogen) atoms. The third-order valence-corrected chi connectivity index (χ3v) is 2.95. The van der Waals surface area contributed by atoms with Gasteiger partial charge in [0.15, 0.2) is 5.76 Å². The summed E-state index contributed by atoms with van der Waals surface area (Å²) in [6, 6.07) is 4.80. The van der Waals surface area contributed by atoms with Gasteiger partial charge in [-0.25, -0.2) is 9.37 Å².